The highest BCUT2D eigenvalue weighted by atomic mass is 79.9. The molecule has 0 aliphatic heterocycles. The Hall–Kier alpha value is -0.830. The summed E-state index contributed by atoms with van der Waals surface area (Å²) in [6.45, 7) is 1.95. The van der Waals surface area contributed by atoms with Crippen LogP contribution in [-0.4, -0.2) is 0 Å². The van der Waals surface area contributed by atoms with Crippen LogP contribution in [0.1, 0.15) is 10.4 Å². The van der Waals surface area contributed by atoms with E-state index in [9.17, 15) is 0 Å². The van der Waals surface area contributed by atoms with Gasteiger partial charge in [-0.05, 0) is 40.5 Å². The van der Waals surface area contributed by atoms with Gasteiger partial charge in [0.15, 0.2) is 0 Å². The van der Waals surface area contributed by atoms with E-state index in [1.807, 2.05) is 19.1 Å². The molecule has 2 heterocycles. The van der Waals surface area contributed by atoms with Crippen LogP contribution in [0.2, 0.25) is 0 Å². The van der Waals surface area contributed by atoms with Crippen LogP contribution in [0, 0.1) is 18.3 Å². The molecule has 0 aliphatic rings. The summed E-state index contributed by atoms with van der Waals surface area (Å²) < 4.78 is 1.09. The van der Waals surface area contributed by atoms with Gasteiger partial charge in [-0.1, -0.05) is 0 Å². The van der Waals surface area contributed by atoms with Crippen LogP contribution in [0.4, 0.5) is 5.69 Å². The van der Waals surface area contributed by atoms with Crippen molar-refractivity contribution in [2.24, 2.45) is 0 Å². The monoisotopic (exact) mass is 298 g/mol. The van der Waals surface area contributed by atoms with Gasteiger partial charge in [-0.3, -0.25) is 0 Å². The maximum absolute atomic E-state index is 8.88. The van der Waals surface area contributed by atoms with Crippen LogP contribution >= 0.6 is 38.6 Å². The highest BCUT2D eigenvalue weighted by molar-refractivity contribution is 9.11. The molecule has 0 aromatic carbocycles. The van der Waals surface area contributed by atoms with Gasteiger partial charge < -0.3 is 5.73 Å². The van der Waals surface area contributed by atoms with E-state index in [4.69, 9.17) is 11.0 Å². The Balaban J connectivity index is 2.60. The third-order valence-corrected chi connectivity index (χ3v) is 5.11. The molecule has 0 saturated heterocycles. The molecule has 2 aromatic heterocycles. The Kier molecular flexibility index (Phi) is 2.83. The van der Waals surface area contributed by atoms with Crippen molar-refractivity contribution in [2.75, 3.05) is 5.73 Å². The zero-order valence-corrected chi connectivity index (χ0v) is 11.1. The number of hydrogen-bond donors (Lipinski definition) is 1. The number of halogens is 1. The van der Waals surface area contributed by atoms with Gasteiger partial charge in [-0.2, -0.15) is 5.26 Å². The Labute approximate surface area is 104 Å². The first-order valence-electron chi connectivity index (χ1n) is 4.18. The van der Waals surface area contributed by atoms with Gasteiger partial charge in [0, 0.05) is 4.88 Å². The van der Waals surface area contributed by atoms with Crippen molar-refractivity contribution in [1.29, 1.82) is 5.26 Å². The maximum atomic E-state index is 8.88. The van der Waals surface area contributed by atoms with Crippen LogP contribution < -0.4 is 5.73 Å². The van der Waals surface area contributed by atoms with E-state index >= 15 is 0 Å². The van der Waals surface area contributed by atoms with Gasteiger partial charge in [0.1, 0.15) is 10.9 Å². The molecule has 0 unspecified atom stereocenters. The number of nitrogens with two attached hydrogens (primary N) is 1. The normalized spacial score (nSPS) is 10.2. The highest BCUT2D eigenvalue weighted by Gasteiger charge is 2.14. The van der Waals surface area contributed by atoms with Crippen molar-refractivity contribution in [3.05, 3.63) is 26.4 Å². The summed E-state index contributed by atoms with van der Waals surface area (Å²) in [5.41, 5.74) is 7.46. The molecule has 0 fully saturated rings. The van der Waals surface area contributed by atoms with Crippen molar-refractivity contribution < 1.29 is 0 Å². The summed E-state index contributed by atoms with van der Waals surface area (Å²) >= 11 is 6.53. The predicted octanol–water partition coefficient (Wildman–Crippen LogP) is 4.00. The van der Waals surface area contributed by atoms with Gasteiger partial charge in [0.05, 0.1) is 14.4 Å². The summed E-state index contributed by atoms with van der Waals surface area (Å²) in [6, 6.07) is 6.16. The molecule has 2 rings (SSSR count). The molecular formula is C10H7BrN2S2. The van der Waals surface area contributed by atoms with Crippen molar-refractivity contribution in [3.63, 3.8) is 0 Å². The van der Waals surface area contributed by atoms with Crippen molar-refractivity contribution in [3.8, 4) is 15.8 Å². The number of anilines is 1. The number of nitrogen functional groups attached to an aromatic ring is 1. The Morgan fingerprint density at radius 1 is 1.40 bits per heavy atom. The second-order valence-electron chi connectivity index (χ2n) is 3.01. The van der Waals surface area contributed by atoms with Crippen LogP contribution in [-0.2, 0) is 0 Å². The maximum Gasteiger partial charge on any atom is 0.128 e. The van der Waals surface area contributed by atoms with E-state index < -0.39 is 0 Å². The summed E-state index contributed by atoms with van der Waals surface area (Å²) in [6.07, 6.45) is 0. The molecule has 0 atom stereocenters. The zero-order chi connectivity index (χ0) is 11.0. The van der Waals surface area contributed by atoms with Gasteiger partial charge >= 0.3 is 0 Å². The van der Waals surface area contributed by atoms with E-state index in [1.54, 1.807) is 11.3 Å². The zero-order valence-electron chi connectivity index (χ0n) is 7.87. The number of nitriles is 1. The first kappa shape index (κ1) is 10.7. The van der Waals surface area contributed by atoms with Crippen LogP contribution in [0.3, 0.4) is 0 Å². The van der Waals surface area contributed by atoms with Gasteiger partial charge in [-0.15, -0.1) is 22.7 Å². The largest absolute Gasteiger partial charge is 0.397 e. The molecular weight excluding hydrogens is 292 g/mol. The molecule has 0 aliphatic carbocycles. The molecule has 2 aromatic rings. The van der Waals surface area contributed by atoms with Gasteiger partial charge in [-0.25, -0.2) is 0 Å². The van der Waals surface area contributed by atoms with E-state index in [1.165, 1.54) is 11.3 Å². The minimum Gasteiger partial charge on any atom is -0.397 e. The summed E-state index contributed by atoms with van der Waals surface area (Å²) in [5, 5.41) is 8.88. The van der Waals surface area contributed by atoms with E-state index in [0.29, 0.717) is 10.6 Å². The molecule has 5 heteroatoms. The Bertz CT molecular complexity index is 548. The van der Waals surface area contributed by atoms with Gasteiger partial charge in [0.2, 0.25) is 0 Å². The molecule has 2 nitrogen and oxygen atoms in total. The second-order valence-corrected chi connectivity index (χ2v) is 6.50. The van der Waals surface area contributed by atoms with Crippen molar-refractivity contribution >= 4 is 44.3 Å². The summed E-state index contributed by atoms with van der Waals surface area (Å²) in [4.78, 5) is 2.85. The smallest absolute Gasteiger partial charge is 0.128 e. The third-order valence-electron chi connectivity index (χ3n) is 2.09. The van der Waals surface area contributed by atoms with Crippen LogP contribution in [0.25, 0.3) is 9.75 Å². The molecule has 0 amide bonds. The topological polar surface area (TPSA) is 49.8 Å². The minimum absolute atomic E-state index is 0.604. The lowest BCUT2D eigenvalue weighted by molar-refractivity contribution is 1.50. The Morgan fingerprint density at radius 2 is 2.13 bits per heavy atom. The molecule has 2 N–H and O–H groups in total. The second kappa shape index (κ2) is 3.97. The highest BCUT2D eigenvalue weighted by Crippen LogP contribution is 2.41. The molecule has 15 heavy (non-hydrogen) atoms. The average Bonchev–Trinajstić information content (AvgIpc) is 2.74. The first-order chi connectivity index (χ1) is 7.13. The number of thiophene rings is 2. The molecule has 0 saturated carbocycles. The number of rotatable bonds is 1. The fraction of sp³-hybridized carbons (Fsp3) is 0.100. The number of nitrogens with zero attached hydrogens (tertiary/aromatic N) is 1. The fourth-order valence-corrected chi connectivity index (χ4v) is 3.86. The first-order valence-corrected chi connectivity index (χ1v) is 6.60. The van der Waals surface area contributed by atoms with E-state index in [0.717, 1.165) is 19.1 Å². The SMILES string of the molecule is Cc1c(-c2ccc(Br)s2)sc(C#N)c1N. The minimum atomic E-state index is 0.604. The predicted molar refractivity (Wildman–Crippen MR) is 69.2 cm³/mol. The van der Waals surface area contributed by atoms with Crippen LogP contribution in [0.15, 0.2) is 15.9 Å². The number of hydrogen-bond acceptors (Lipinski definition) is 4. The molecule has 0 bridgehead atoms. The Morgan fingerprint density at radius 3 is 2.60 bits per heavy atom. The standard InChI is InChI=1S/C10H7BrN2S2/c1-5-9(13)7(4-12)15-10(5)6-2-3-8(11)14-6/h2-3H,13H2,1H3. The fourth-order valence-electron chi connectivity index (χ4n) is 1.28. The van der Waals surface area contributed by atoms with Crippen molar-refractivity contribution in [1.82, 2.24) is 0 Å². The summed E-state index contributed by atoms with van der Waals surface area (Å²) in [7, 11) is 0. The average molecular weight is 299 g/mol. The van der Waals surface area contributed by atoms with E-state index in [2.05, 4.69) is 22.0 Å². The molecule has 76 valence electrons. The van der Waals surface area contributed by atoms with Crippen LogP contribution in [0.5, 0.6) is 0 Å². The lowest BCUT2D eigenvalue weighted by Crippen LogP contribution is -1.86. The molecule has 0 radical (unpaired) electrons. The quantitative estimate of drug-likeness (QED) is 0.865. The third kappa shape index (κ3) is 1.81. The van der Waals surface area contributed by atoms with Crippen molar-refractivity contribution in [2.45, 2.75) is 6.92 Å². The van der Waals surface area contributed by atoms with Gasteiger partial charge in [0.25, 0.3) is 0 Å². The lowest BCUT2D eigenvalue weighted by Gasteiger charge is -1.94. The lowest BCUT2D eigenvalue weighted by atomic mass is 10.2. The molecule has 0 spiro atoms. The summed E-state index contributed by atoms with van der Waals surface area (Å²) in [5.74, 6) is 0. The van der Waals surface area contributed by atoms with E-state index in [-0.39, 0.29) is 0 Å².